The van der Waals surface area contributed by atoms with Crippen molar-refractivity contribution >= 4 is 22.6 Å². The number of H-pyrrole nitrogens is 1. The molecule has 15 heavy (non-hydrogen) atoms. The van der Waals surface area contributed by atoms with E-state index in [1.807, 2.05) is 0 Å². The van der Waals surface area contributed by atoms with Crippen LogP contribution < -0.4 is 0 Å². The maximum absolute atomic E-state index is 5.73. The standard InChI is InChI=1S/C12H15ClN2/c1-2-3-4-9-5-6-10-11(7-9)15-12(8-13)14-10/h5-7H,2-4,8H2,1H3,(H,14,15). The fourth-order valence-electron chi connectivity index (χ4n) is 1.71. The van der Waals surface area contributed by atoms with Crippen molar-refractivity contribution in [3.8, 4) is 0 Å². The summed E-state index contributed by atoms with van der Waals surface area (Å²) in [6.07, 6.45) is 3.61. The third-order valence-corrected chi connectivity index (χ3v) is 2.79. The molecule has 0 aliphatic rings. The van der Waals surface area contributed by atoms with Crippen LogP contribution in [0.5, 0.6) is 0 Å². The number of nitrogens with zero attached hydrogens (tertiary/aromatic N) is 1. The van der Waals surface area contributed by atoms with Gasteiger partial charge in [0.25, 0.3) is 0 Å². The maximum Gasteiger partial charge on any atom is 0.122 e. The van der Waals surface area contributed by atoms with Gasteiger partial charge in [0.1, 0.15) is 5.82 Å². The van der Waals surface area contributed by atoms with Crippen LogP contribution in [0.3, 0.4) is 0 Å². The van der Waals surface area contributed by atoms with Crippen LogP contribution in [-0.4, -0.2) is 9.97 Å². The van der Waals surface area contributed by atoms with Gasteiger partial charge in [0.05, 0.1) is 16.9 Å². The summed E-state index contributed by atoms with van der Waals surface area (Å²) in [7, 11) is 0. The van der Waals surface area contributed by atoms with Crippen molar-refractivity contribution in [3.05, 3.63) is 29.6 Å². The number of imidazole rings is 1. The summed E-state index contributed by atoms with van der Waals surface area (Å²) in [5, 5.41) is 0. The van der Waals surface area contributed by atoms with E-state index in [0.29, 0.717) is 5.88 Å². The van der Waals surface area contributed by atoms with Crippen molar-refractivity contribution in [3.63, 3.8) is 0 Å². The molecule has 0 saturated carbocycles. The molecule has 0 aliphatic heterocycles. The van der Waals surface area contributed by atoms with E-state index in [0.717, 1.165) is 23.3 Å². The first-order chi connectivity index (χ1) is 7.33. The van der Waals surface area contributed by atoms with Gasteiger partial charge in [0.15, 0.2) is 0 Å². The quantitative estimate of drug-likeness (QED) is 0.787. The van der Waals surface area contributed by atoms with Gasteiger partial charge in [0, 0.05) is 0 Å². The van der Waals surface area contributed by atoms with Crippen molar-refractivity contribution in [2.75, 3.05) is 0 Å². The molecular formula is C12H15ClN2. The zero-order valence-corrected chi connectivity index (χ0v) is 9.64. The van der Waals surface area contributed by atoms with E-state index in [2.05, 4.69) is 35.1 Å². The smallest absolute Gasteiger partial charge is 0.122 e. The number of aromatic amines is 1. The average molecular weight is 223 g/mol. The summed E-state index contributed by atoms with van der Waals surface area (Å²) in [5.74, 6) is 1.29. The highest BCUT2D eigenvalue weighted by Crippen LogP contribution is 2.16. The van der Waals surface area contributed by atoms with Crippen LogP contribution in [0.1, 0.15) is 31.2 Å². The molecule has 0 amide bonds. The molecule has 1 N–H and O–H groups in total. The lowest BCUT2D eigenvalue weighted by Crippen LogP contribution is -1.84. The van der Waals surface area contributed by atoms with E-state index in [9.17, 15) is 0 Å². The van der Waals surface area contributed by atoms with Gasteiger partial charge in [-0.1, -0.05) is 19.4 Å². The van der Waals surface area contributed by atoms with Crippen LogP contribution >= 0.6 is 11.6 Å². The number of aromatic nitrogens is 2. The molecule has 0 spiro atoms. The van der Waals surface area contributed by atoms with E-state index in [4.69, 9.17) is 11.6 Å². The monoisotopic (exact) mass is 222 g/mol. The Bertz CT molecular complexity index is 448. The highest BCUT2D eigenvalue weighted by atomic mass is 35.5. The van der Waals surface area contributed by atoms with Crippen LogP contribution in [-0.2, 0) is 12.3 Å². The third-order valence-electron chi connectivity index (χ3n) is 2.54. The molecule has 0 saturated heterocycles. The molecule has 1 aromatic heterocycles. The van der Waals surface area contributed by atoms with Crippen molar-refractivity contribution in [2.24, 2.45) is 0 Å². The normalized spacial score (nSPS) is 11.1. The topological polar surface area (TPSA) is 28.7 Å². The lowest BCUT2D eigenvalue weighted by atomic mass is 10.1. The van der Waals surface area contributed by atoms with E-state index >= 15 is 0 Å². The summed E-state index contributed by atoms with van der Waals surface area (Å²) in [6.45, 7) is 2.21. The number of rotatable bonds is 4. The van der Waals surface area contributed by atoms with Crippen LogP contribution in [0.2, 0.25) is 0 Å². The van der Waals surface area contributed by atoms with Gasteiger partial charge in [0.2, 0.25) is 0 Å². The largest absolute Gasteiger partial charge is 0.341 e. The van der Waals surface area contributed by atoms with E-state index < -0.39 is 0 Å². The molecule has 1 heterocycles. The first kappa shape index (κ1) is 10.5. The highest BCUT2D eigenvalue weighted by Gasteiger charge is 2.02. The van der Waals surface area contributed by atoms with E-state index in [1.165, 1.54) is 18.4 Å². The molecule has 0 bridgehead atoms. The van der Waals surface area contributed by atoms with Crippen LogP contribution in [0.15, 0.2) is 18.2 Å². The van der Waals surface area contributed by atoms with Crippen molar-refractivity contribution in [2.45, 2.75) is 32.1 Å². The number of fused-ring (bicyclic) bond motifs is 1. The van der Waals surface area contributed by atoms with Crippen molar-refractivity contribution < 1.29 is 0 Å². The summed E-state index contributed by atoms with van der Waals surface area (Å²) in [5.41, 5.74) is 3.47. The van der Waals surface area contributed by atoms with Crippen LogP contribution in [0.4, 0.5) is 0 Å². The number of benzene rings is 1. The maximum atomic E-state index is 5.73. The van der Waals surface area contributed by atoms with Gasteiger partial charge < -0.3 is 4.98 Å². The number of unbranched alkanes of at least 4 members (excludes halogenated alkanes) is 1. The molecule has 0 radical (unpaired) electrons. The Labute approximate surface area is 94.7 Å². The molecule has 0 aliphatic carbocycles. The van der Waals surface area contributed by atoms with Crippen LogP contribution in [0.25, 0.3) is 11.0 Å². The lowest BCUT2D eigenvalue weighted by Gasteiger charge is -1.98. The van der Waals surface area contributed by atoms with Crippen molar-refractivity contribution in [1.82, 2.24) is 9.97 Å². The molecule has 2 nitrogen and oxygen atoms in total. The third kappa shape index (κ3) is 2.32. The summed E-state index contributed by atoms with van der Waals surface area (Å²) in [6, 6.07) is 6.39. The SMILES string of the molecule is CCCCc1ccc2nc(CCl)[nH]c2c1. The second kappa shape index (κ2) is 4.67. The Morgan fingerprint density at radius 3 is 3.00 bits per heavy atom. The van der Waals surface area contributed by atoms with Gasteiger partial charge in [-0.3, -0.25) is 0 Å². The number of aryl methyl sites for hydroxylation is 1. The fraction of sp³-hybridized carbons (Fsp3) is 0.417. The Balaban J connectivity index is 2.29. The first-order valence-electron chi connectivity index (χ1n) is 5.37. The Kier molecular flexibility index (Phi) is 3.27. The zero-order valence-electron chi connectivity index (χ0n) is 8.89. The molecule has 1 aromatic carbocycles. The molecule has 80 valence electrons. The van der Waals surface area contributed by atoms with Gasteiger partial charge >= 0.3 is 0 Å². The van der Waals surface area contributed by atoms with Gasteiger partial charge in [-0.05, 0) is 30.5 Å². The van der Waals surface area contributed by atoms with Gasteiger partial charge in [-0.15, -0.1) is 11.6 Å². The minimum absolute atomic E-state index is 0.443. The summed E-state index contributed by atoms with van der Waals surface area (Å²) >= 11 is 5.73. The number of hydrogen-bond acceptors (Lipinski definition) is 1. The molecule has 2 rings (SSSR count). The van der Waals surface area contributed by atoms with Crippen LogP contribution in [0, 0.1) is 0 Å². The molecule has 0 fully saturated rings. The summed E-state index contributed by atoms with van der Waals surface area (Å²) in [4.78, 5) is 7.58. The van der Waals surface area contributed by atoms with Gasteiger partial charge in [-0.25, -0.2) is 4.98 Å². The highest BCUT2D eigenvalue weighted by molar-refractivity contribution is 6.16. The molecule has 2 aromatic rings. The zero-order chi connectivity index (χ0) is 10.7. The minimum Gasteiger partial charge on any atom is -0.341 e. The second-order valence-electron chi connectivity index (χ2n) is 3.77. The second-order valence-corrected chi connectivity index (χ2v) is 4.04. The van der Waals surface area contributed by atoms with E-state index in [-0.39, 0.29) is 0 Å². The fourth-order valence-corrected chi connectivity index (χ4v) is 1.84. The predicted octanol–water partition coefficient (Wildman–Crippen LogP) is 3.64. The Morgan fingerprint density at radius 1 is 1.40 bits per heavy atom. The molecule has 3 heteroatoms. The number of halogens is 1. The Morgan fingerprint density at radius 2 is 2.27 bits per heavy atom. The molecular weight excluding hydrogens is 208 g/mol. The predicted molar refractivity (Wildman–Crippen MR) is 64.3 cm³/mol. The van der Waals surface area contributed by atoms with Crippen molar-refractivity contribution in [1.29, 1.82) is 0 Å². The number of hydrogen-bond donors (Lipinski definition) is 1. The van der Waals surface area contributed by atoms with E-state index in [1.54, 1.807) is 0 Å². The Hall–Kier alpha value is -1.02. The average Bonchev–Trinajstić information content (AvgIpc) is 2.68. The minimum atomic E-state index is 0.443. The molecule has 0 unspecified atom stereocenters. The number of nitrogens with one attached hydrogen (secondary N) is 1. The molecule has 0 atom stereocenters. The lowest BCUT2D eigenvalue weighted by molar-refractivity contribution is 0.796. The first-order valence-corrected chi connectivity index (χ1v) is 5.90. The van der Waals surface area contributed by atoms with Gasteiger partial charge in [-0.2, -0.15) is 0 Å². The summed E-state index contributed by atoms with van der Waals surface area (Å²) < 4.78 is 0. The number of alkyl halides is 1.